The number of carbonyl (C=O) groups is 1. The van der Waals surface area contributed by atoms with Crippen LogP contribution in [0.5, 0.6) is 5.75 Å². The summed E-state index contributed by atoms with van der Waals surface area (Å²) in [5, 5.41) is 0. The van der Waals surface area contributed by atoms with Gasteiger partial charge in [-0.2, -0.15) is 11.8 Å². The fourth-order valence-electron chi connectivity index (χ4n) is 2.61. The van der Waals surface area contributed by atoms with Gasteiger partial charge in [-0.25, -0.2) is 5.43 Å². The Bertz CT molecular complexity index is 465. The molecule has 2 atom stereocenters. The summed E-state index contributed by atoms with van der Waals surface area (Å²) in [5.41, 5.74) is 6.28. The summed E-state index contributed by atoms with van der Waals surface area (Å²) in [5.74, 6) is 3.17. The van der Waals surface area contributed by atoms with Crippen LogP contribution in [0.1, 0.15) is 6.42 Å². The van der Waals surface area contributed by atoms with E-state index in [-0.39, 0.29) is 18.0 Å². The molecular formula is C15H21N3O2S. The number of amides is 1. The average Bonchev–Trinajstić information content (AvgIpc) is 3.03. The summed E-state index contributed by atoms with van der Waals surface area (Å²) in [7, 11) is 0. The molecule has 1 amide bonds. The van der Waals surface area contributed by atoms with Crippen molar-refractivity contribution in [3.05, 3.63) is 30.3 Å². The molecule has 2 aliphatic heterocycles. The lowest BCUT2D eigenvalue weighted by molar-refractivity contribution is -0.132. The number of hydrazine groups is 1. The van der Waals surface area contributed by atoms with Crippen LogP contribution in [0.4, 0.5) is 0 Å². The van der Waals surface area contributed by atoms with Crippen molar-refractivity contribution < 1.29 is 9.53 Å². The molecule has 3 rings (SSSR count). The largest absolute Gasteiger partial charge is 0.492 e. The van der Waals surface area contributed by atoms with E-state index in [0.29, 0.717) is 6.61 Å². The van der Waals surface area contributed by atoms with Crippen LogP contribution in [0.2, 0.25) is 0 Å². The summed E-state index contributed by atoms with van der Waals surface area (Å²) >= 11 is 1.91. The van der Waals surface area contributed by atoms with Gasteiger partial charge in [0.15, 0.2) is 0 Å². The first-order chi connectivity index (χ1) is 10.3. The van der Waals surface area contributed by atoms with Crippen LogP contribution in [0.25, 0.3) is 0 Å². The Morgan fingerprint density at radius 2 is 2.00 bits per heavy atom. The molecule has 0 bridgehead atoms. The molecule has 0 aliphatic carbocycles. The Kier molecular flexibility index (Phi) is 5.00. The van der Waals surface area contributed by atoms with Gasteiger partial charge in [0.05, 0.1) is 6.04 Å². The molecule has 0 saturated carbocycles. The summed E-state index contributed by atoms with van der Waals surface area (Å²) in [6.07, 6.45) is 0.773. The molecule has 1 aromatic rings. The zero-order valence-corrected chi connectivity index (χ0v) is 12.8. The lowest BCUT2D eigenvalue weighted by Crippen LogP contribution is -2.48. The number of nitrogens with zero attached hydrogens (tertiary/aromatic N) is 1. The van der Waals surface area contributed by atoms with Crippen LogP contribution >= 0.6 is 11.8 Å². The van der Waals surface area contributed by atoms with Crippen molar-refractivity contribution in [3.63, 3.8) is 0 Å². The van der Waals surface area contributed by atoms with E-state index in [1.54, 1.807) is 0 Å². The maximum Gasteiger partial charge on any atom is 0.241 e. The molecule has 1 aromatic carbocycles. The van der Waals surface area contributed by atoms with Gasteiger partial charge in [0.2, 0.25) is 5.91 Å². The van der Waals surface area contributed by atoms with Gasteiger partial charge in [-0.1, -0.05) is 18.2 Å². The Morgan fingerprint density at radius 3 is 2.76 bits per heavy atom. The monoisotopic (exact) mass is 307 g/mol. The average molecular weight is 307 g/mol. The Hall–Kier alpha value is -1.24. The van der Waals surface area contributed by atoms with E-state index >= 15 is 0 Å². The third kappa shape index (κ3) is 3.90. The second-order valence-corrected chi connectivity index (χ2v) is 6.56. The number of hydrogen-bond acceptors (Lipinski definition) is 5. The lowest BCUT2D eigenvalue weighted by Gasteiger charge is -2.28. The van der Waals surface area contributed by atoms with Gasteiger partial charge in [-0.05, 0) is 18.6 Å². The summed E-state index contributed by atoms with van der Waals surface area (Å²) in [6, 6.07) is 9.80. The van der Waals surface area contributed by atoms with Gasteiger partial charge >= 0.3 is 0 Å². The molecule has 6 heteroatoms. The van der Waals surface area contributed by atoms with Gasteiger partial charge in [0, 0.05) is 24.6 Å². The first-order valence-electron chi connectivity index (χ1n) is 7.38. The minimum Gasteiger partial charge on any atom is -0.492 e. The zero-order valence-electron chi connectivity index (χ0n) is 12.0. The molecule has 2 aliphatic rings. The SMILES string of the molecule is O=C(C1CC(COc2ccccc2)NN1)N1CCSCC1. The predicted octanol–water partition coefficient (Wildman–Crippen LogP) is 0.876. The molecule has 0 aromatic heterocycles. The number of hydrogen-bond donors (Lipinski definition) is 2. The number of para-hydroxylation sites is 1. The third-order valence-corrected chi connectivity index (χ3v) is 4.74. The Balaban J connectivity index is 1.45. The second-order valence-electron chi connectivity index (χ2n) is 5.34. The van der Waals surface area contributed by atoms with Gasteiger partial charge < -0.3 is 9.64 Å². The Morgan fingerprint density at radius 1 is 1.24 bits per heavy atom. The first-order valence-corrected chi connectivity index (χ1v) is 8.54. The molecule has 0 radical (unpaired) electrons. The van der Waals surface area contributed by atoms with Crippen molar-refractivity contribution in [3.8, 4) is 5.75 Å². The van der Waals surface area contributed by atoms with Crippen LogP contribution in [-0.2, 0) is 4.79 Å². The summed E-state index contributed by atoms with van der Waals surface area (Å²) in [4.78, 5) is 14.4. The van der Waals surface area contributed by atoms with E-state index in [2.05, 4.69) is 10.9 Å². The van der Waals surface area contributed by atoms with E-state index in [1.165, 1.54) is 0 Å². The highest BCUT2D eigenvalue weighted by Gasteiger charge is 2.32. The molecule has 21 heavy (non-hydrogen) atoms. The number of nitrogens with one attached hydrogen (secondary N) is 2. The number of carbonyl (C=O) groups excluding carboxylic acids is 1. The van der Waals surface area contributed by atoms with Crippen LogP contribution < -0.4 is 15.6 Å². The maximum absolute atomic E-state index is 12.4. The molecule has 2 fully saturated rings. The fraction of sp³-hybridized carbons (Fsp3) is 0.533. The molecule has 0 spiro atoms. The minimum atomic E-state index is -0.127. The number of ether oxygens (including phenoxy) is 1. The highest BCUT2D eigenvalue weighted by atomic mass is 32.2. The van der Waals surface area contributed by atoms with Crippen molar-refractivity contribution in [2.24, 2.45) is 0 Å². The van der Waals surface area contributed by atoms with Gasteiger partial charge in [0.1, 0.15) is 18.4 Å². The van der Waals surface area contributed by atoms with E-state index < -0.39 is 0 Å². The van der Waals surface area contributed by atoms with Crippen LogP contribution in [0, 0.1) is 0 Å². The van der Waals surface area contributed by atoms with Crippen molar-refractivity contribution in [1.82, 2.24) is 15.8 Å². The normalized spacial score (nSPS) is 25.8. The summed E-state index contributed by atoms with van der Waals surface area (Å²) < 4.78 is 5.73. The van der Waals surface area contributed by atoms with Crippen molar-refractivity contribution >= 4 is 17.7 Å². The van der Waals surface area contributed by atoms with E-state index in [4.69, 9.17) is 4.74 Å². The van der Waals surface area contributed by atoms with E-state index in [9.17, 15) is 4.79 Å². The maximum atomic E-state index is 12.4. The minimum absolute atomic E-state index is 0.127. The molecule has 2 unspecified atom stereocenters. The molecule has 114 valence electrons. The molecular weight excluding hydrogens is 286 g/mol. The van der Waals surface area contributed by atoms with Crippen molar-refractivity contribution in [2.45, 2.75) is 18.5 Å². The standard InChI is InChI=1S/C15H21N3O2S/c19-15(18-6-8-21-9-7-18)14-10-12(16-17-14)11-20-13-4-2-1-3-5-13/h1-5,12,14,16-17H,6-11H2. The number of rotatable bonds is 4. The molecule has 2 N–H and O–H groups in total. The highest BCUT2D eigenvalue weighted by molar-refractivity contribution is 7.99. The van der Waals surface area contributed by atoms with E-state index in [1.807, 2.05) is 47.0 Å². The van der Waals surface area contributed by atoms with Crippen molar-refractivity contribution in [2.75, 3.05) is 31.2 Å². The predicted molar refractivity (Wildman–Crippen MR) is 84.3 cm³/mol. The van der Waals surface area contributed by atoms with Crippen LogP contribution in [-0.4, -0.2) is 54.1 Å². The topological polar surface area (TPSA) is 53.6 Å². The molecule has 2 saturated heterocycles. The highest BCUT2D eigenvalue weighted by Crippen LogP contribution is 2.15. The van der Waals surface area contributed by atoms with Crippen molar-refractivity contribution in [1.29, 1.82) is 0 Å². The van der Waals surface area contributed by atoms with Gasteiger partial charge in [-0.15, -0.1) is 0 Å². The fourth-order valence-corrected chi connectivity index (χ4v) is 3.51. The summed E-state index contributed by atoms with van der Waals surface area (Å²) in [6.45, 7) is 2.30. The second kappa shape index (κ2) is 7.15. The third-order valence-electron chi connectivity index (χ3n) is 3.80. The van der Waals surface area contributed by atoms with Gasteiger partial charge in [0.25, 0.3) is 0 Å². The molecule has 2 heterocycles. The smallest absolute Gasteiger partial charge is 0.241 e. The number of benzene rings is 1. The van der Waals surface area contributed by atoms with Crippen LogP contribution in [0.15, 0.2) is 30.3 Å². The quantitative estimate of drug-likeness (QED) is 0.865. The van der Waals surface area contributed by atoms with E-state index in [0.717, 1.165) is 36.8 Å². The Labute approximate surface area is 129 Å². The number of thioether (sulfide) groups is 1. The van der Waals surface area contributed by atoms with Crippen LogP contribution in [0.3, 0.4) is 0 Å². The van der Waals surface area contributed by atoms with Gasteiger partial charge in [-0.3, -0.25) is 10.2 Å². The zero-order chi connectivity index (χ0) is 14.5. The lowest BCUT2D eigenvalue weighted by atomic mass is 10.1. The first kappa shape index (κ1) is 14.7. The molecule has 5 nitrogen and oxygen atoms in total.